The Morgan fingerprint density at radius 2 is 1.90 bits per heavy atom. The molecule has 0 saturated heterocycles. The van der Waals surface area contributed by atoms with Gasteiger partial charge in [0.25, 0.3) is 0 Å². The summed E-state index contributed by atoms with van der Waals surface area (Å²) in [6.07, 6.45) is 0.416. The van der Waals surface area contributed by atoms with Crippen LogP contribution >= 0.6 is 26.8 Å². The molecule has 0 spiro atoms. The number of carbonyl (C=O) groups is 1. The summed E-state index contributed by atoms with van der Waals surface area (Å²) in [5.41, 5.74) is 0. The number of carboxylic acids is 1. The van der Waals surface area contributed by atoms with Crippen molar-refractivity contribution >= 4 is 47.7 Å². The normalized spacial score (nSPS) is 11.5. The number of hydrogen-bond donors (Lipinski definition) is 0. The number of aliphatic carboxylic acids is 1. The van der Waals surface area contributed by atoms with E-state index in [1.54, 1.807) is 0 Å². The van der Waals surface area contributed by atoms with Crippen molar-refractivity contribution in [2.75, 3.05) is 0 Å². The van der Waals surface area contributed by atoms with Crippen LogP contribution in [0.1, 0.15) is 12.8 Å². The monoisotopic (exact) mass is 311 g/mol. The van der Waals surface area contributed by atoms with Crippen LogP contribution in [0.2, 0.25) is 4.44 Å². The fourth-order valence-corrected chi connectivity index (χ4v) is 4.77. The van der Waals surface area contributed by atoms with Crippen LogP contribution in [0.3, 0.4) is 0 Å². The van der Waals surface area contributed by atoms with Crippen molar-refractivity contribution in [1.29, 1.82) is 0 Å². The van der Waals surface area contributed by atoms with Crippen molar-refractivity contribution in [3.8, 4) is 0 Å². The molecule has 0 saturated carbocycles. The summed E-state index contributed by atoms with van der Waals surface area (Å²) in [5.74, 6) is -1.08. The van der Waals surface area contributed by atoms with Crippen molar-refractivity contribution in [2.24, 2.45) is 0 Å². The van der Waals surface area contributed by atoms with Crippen LogP contribution in [0.15, 0.2) is 0 Å². The van der Waals surface area contributed by atoms with Crippen molar-refractivity contribution in [2.45, 2.75) is 17.3 Å². The van der Waals surface area contributed by atoms with Crippen molar-refractivity contribution in [3.63, 3.8) is 0 Å². The third-order valence-electron chi connectivity index (χ3n) is 0.841. The van der Waals surface area contributed by atoms with E-state index >= 15 is 0 Å². The first-order valence-electron chi connectivity index (χ1n) is 2.68. The van der Waals surface area contributed by atoms with Crippen LogP contribution in [0.4, 0.5) is 0 Å². The Morgan fingerprint density at radius 3 is 2.20 bits per heavy atom. The van der Waals surface area contributed by atoms with Gasteiger partial charge in [-0.1, -0.05) is 0 Å². The summed E-state index contributed by atoms with van der Waals surface area (Å²) < 4.78 is 0.452. The van der Waals surface area contributed by atoms with E-state index in [2.05, 4.69) is 0 Å². The van der Waals surface area contributed by atoms with Gasteiger partial charge in [-0.15, -0.1) is 0 Å². The Kier molecular flexibility index (Phi) is 5.46. The predicted octanol–water partition coefficient (Wildman–Crippen LogP) is 1.17. The summed E-state index contributed by atoms with van der Waals surface area (Å²) in [5, 5.41) is 9.87. The Labute approximate surface area is 74.5 Å². The van der Waals surface area contributed by atoms with E-state index in [9.17, 15) is 9.90 Å². The molecule has 2 nitrogen and oxygen atoms in total. The molecule has 10 heavy (non-hydrogen) atoms. The summed E-state index contributed by atoms with van der Waals surface area (Å²) in [6, 6.07) is 0. The zero-order chi connectivity index (χ0) is 8.20. The molecule has 0 rings (SSSR count). The van der Waals surface area contributed by atoms with E-state index in [4.69, 9.17) is 26.8 Å². The number of carboxylic acid groups (broad SMARTS) is 1. The Balaban J connectivity index is 3.29. The fourth-order valence-electron chi connectivity index (χ4n) is 0.433. The number of hydrogen-bond acceptors (Lipinski definition) is 2. The van der Waals surface area contributed by atoms with E-state index in [0.29, 0.717) is 10.9 Å². The molecule has 0 N–H and O–H groups in total. The van der Waals surface area contributed by atoms with Gasteiger partial charge < -0.3 is 0 Å². The predicted molar refractivity (Wildman–Crippen MR) is 42.4 cm³/mol. The van der Waals surface area contributed by atoms with Gasteiger partial charge in [0.1, 0.15) is 0 Å². The molecule has 0 aromatic carbocycles. The molecule has 0 aliphatic heterocycles. The second-order valence-electron chi connectivity index (χ2n) is 1.84. The first-order chi connectivity index (χ1) is 4.42. The molecular weight excluding hydrogens is 305 g/mol. The average molecular weight is 311 g/mol. The van der Waals surface area contributed by atoms with Crippen LogP contribution in [0.5, 0.6) is 0 Å². The topological polar surface area (TPSA) is 40.1 Å². The van der Waals surface area contributed by atoms with Crippen LogP contribution in [0, 0.1) is 0 Å². The maximum absolute atomic E-state index is 9.87. The molecule has 0 atom stereocenters. The van der Waals surface area contributed by atoms with Gasteiger partial charge in [0.05, 0.1) is 0 Å². The molecule has 0 aliphatic rings. The van der Waals surface area contributed by atoms with E-state index in [1.807, 2.05) is 0 Å². The van der Waals surface area contributed by atoms with Gasteiger partial charge >= 0.3 is 74.9 Å². The first-order valence-corrected chi connectivity index (χ1v) is 15.5. The van der Waals surface area contributed by atoms with Crippen molar-refractivity contribution < 1.29 is 9.90 Å². The third kappa shape index (κ3) is 9.14. The summed E-state index contributed by atoms with van der Waals surface area (Å²) >= 11 is -3.24. The molecule has 0 aliphatic carbocycles. The molecule has 0 unspecified atom stereocenters. The van der Waals surface area contributed by atoms with Crippen molar-refractivity contribution in [3.05, 3.63) is 0 Å². The molecule has 0 aromatic rings. The Bertz CT molecular complexity index is 122. The zero-order valence-corrected chi connectivity index (χ0v) is 10.2. The average Bonchev–Trinajstić information content (AvgIpc) is 1.59. The van der Waals surface area contributed by atoms with Crippen LogP contribution < -0.4 is 5.11 Å². The standard InChI is InChI=1S/C4H7O2.3ClH.Sn/c1-2-3-4(5)6;;;;/h1-3H2,(H,5,6);3*1H;/q;;;;+3/p-4. The van der Waals surface area contributed by atoms with Crippen LogP contribution in [-0.4, -0.2) is 21.0 Å². The summed E-state index contributed by atoms with van der Waals surface area (Å²) in [6.45, 7) is 0. The second kappa shape index (κ2) is 4.91. The van der Waals surface area contributed by atoms with Gasteiger partial charge in [0.2, 0.25) is 0 Å². The van der Waals surface area contributed by atoms with Crippen LogP contribution in [-0.2, 0) is 4.79 Å². The first kappa shape index (κ1) is 11.1. The fraction of sp³-hybridized carbons (Fsp3) is 0.750. The van der Waals surface area contributed by atoms with Gasteiger partial charge in [-0.25, -0.2) is 0 Å². The van der Waals surface area contributed by atoms with Gasteiger partial charge in [-0.2, -0.15) is 0 Å². The SMILES string of the molecule is O=C([O-])CC[CH2][Sn]([Cl])([Cl])[Cl]. The minimum atomic E-state index is -3.24. The molecule has 0 heterocycles. The van der Waals surface area contributed by atoms with Crippen LogP contribution in [0.25, 0.3) is 0 Å². The number of halogens is 3. The van der Waals surface area contributed by atoms with Gasteiger partial charge in [0, 0.05) is 0 Å². The molecule has 0 amide bonds. The third-order valence-corrected chi connectivity index (χ3v) is 7.27. The summed E-state index contributed by atoms with van der Waals surface area (Å²) in [7, 11) is 16.6. The molecule has 0 fully saturated rings. The number of rotatable bonds is 4. The number of carbonyl (C=O) groups excluding carboxylic acids is 1. The zero-order valence-electron chi connectivity index (χ0n) is 5.07. The van der Waals surface area contributed by atoms with Gasteiger partial charge in [-0.05, 0) is 0 Å². The van der Waals surface area contributed by atoms with E-state index in [0.717, 1.165) is 0 Å². The van der Waals surface area contributed by atoms with Gasteiger partial charge in [0.15, 0.2) is 0 Å². The molecule has 0 aromatic heterocycles. The van der Waals surface area contributed by atoms with E-state index < -0.39 is 21.0 Å². The molecule has 60 valence electrons. The summed E-state index contributed by atoms with van der Waals surface area (Å²) in [4.78, 5) is 9.87. The van der Waals surface area contributed by atoms with Crippen molar-refractivity contribution in [1.82, 2.24) is 0 Å². The van der Waals surface area contributed by atoms with E-state index in [-0.39, 0.29) is 6.42 Å². The van der Waals surface area contributed by atoms with E-state index in [1.165, 1.54) is 0 Å². The Hall–Kier alpha value is 1.14. The quantitative estimate of drug-likeness (QED) is 0.731. The minimum absolute atomic E-state index is 0.00910. The van der Waals surface area contributed by atoms with Gasteiger partial charge in [-0.3, -0.25) is 0 Å². The molecule has 0 radical (unpaired) electrons. The maximum atomic E-state index is 9.87. The molecular formula is C4H6Cl3O2Sn-. The Morgan fingerprint density at radius 1 is 1.40 bits per heavy atom. The molecule has 0 bridgehead atoms. The second-order valence-corrected chi connectivity index (χ2v) is 23.7. The molecule has 6 heteroatoms.